The molecule has 0 unspecified atom stereocenters. The molecule has 0 N–H and O–H groups in total. The second kappa shape index (κ2) is 13.1. The SMILES string of the molecule is c1ccc(-c2ccc(-c3nc(-c4ccccc4)nc(-c4ccc(-c5ccc(-c6ccc(-c7cccnc7)cc6)cc5)cc4)n3)cc2)cc1. The minimum atomic E-state index is 0.641. The molecule has 0 fully saturated rings. The maximum atomic E-state index is 4.95. The van der Waals surface area contributed by atoms with E-state index in [-0.39, 0.29) is 0 Å². The molecule has 0 spiro atoms. The lowest BCUT2D eigenvalue weighted by Gasteiger charge is -2.10. The van der Waals surface area contributed by atoms with E-state index in [1.807, 2.05) is 48.7 Å². The van der Waals surface area contributed by atoms with Crippen LogP contribution in [0.1, 0.15) is 0 Å². The lowest BCUT2D eigenvalue weighted by Crippen LogP contribution is -2.00. The predicted molar refractivity (Wildman–Crippen MR) is 196 cm³/mol. The van der Waals surface area contributed by atoms with Crippen molar-refractivity contribution < 1.29 is 0 Å². The number of hydrogen-bond acceptors (Lipinski definition) is 4. The van der Waals surface area contributed by atoms with Crippen molar-refractivity contribution in [3.05, 3.63) is 182 Å². The highest BCUT2D eigenvalue weighted by atomic mass is 15.0. The van der Waals surface area contributed by atoms with E-state index in [1.54, 1.807) is 6.20 Å². The summed E-state index contributed by atoms with van der Waals surface area (Å²) in [6, 6.07) is 58.6. The fourth-order valence-electron chi connectivity index (χ4n) is 5.85. The summed E-state index contributed by atoms with van der Waals surface area (Å²) < 4.78 is 0. The van der Waals surface area contributed by atoms with Crippen molar-refractivity contribution >= 4 is 0 Å². The molecule has 0 saturated heterocycles. The molecule has 226 valence electrons. The summed E-state index contributed by atoms with van der Waals surface area (Å²) in [7, 11) is 0. The fourth-order valence-corrected chi connectivity index (χ4v) is 5.85. The molecule has 48 heavy (non-hydrogen) atoms. The van der Waals surface area contributed by atoms with Crippen molar-refractivity contribution in [1.82, 2.24) is 19.9 Å². The van der Waals surface area contributed by atoms with E-state index in [9.17, 15) is 0 Å². The van der Waals surface area contributed by atoms with Crippen LogP contribution in [0.3, 0.4) is 0 Å². The topological polar surface area (TPSA) is 51.6 Å². The number of aromatic nitrogens is 4. The molecule has 8 rings (SSSR count). The molecule has 0 aliphatic heterocycles. The standard InChI is InChI=1S/C44H30N4/c1-3-8-31(9-4-1)32-21-25-39(26-22-32)43-46-42(38-10-5-2-6-11-38)47-44(48-43)40-27-23-36(24-28-40)34-15-13-33(14-16-34)35-17-19-37(20-18-35)41-12-7-29-45-30-41/h1-30H. The first-order valence-electron chi connectivity index (χ1n) is 16.0. The third-order valence-electron chi connectivity index (χ3n) is 8.49. The molecule has 8 aromatic rings. The molecular formula is C44H30N4. The molecule has 0 atom stereocenters. The second-order valence-electron chi connectivity index (χ2n) is 11.6. The van der Waals surface area contributed by atoms with Crippen molar-refractivity contribution in [1.29, 1.82) is 0 Å². The second-order valence-corrected chi connectivity index (χ2v) is 11.6. The zero-order valence-electron chi connectivity index (χ0n) is 26.1. The maximum Gasteiger partial charge on any atom is 0.164 e. The molecule has 0 bridgehead atoms. The van der Waals surface area contributed by atoms with Gasteiger partial charge in [-0.05, 0) is 50.6 Å². The molecular weight excluding hydrogens is 585 g/mol. The highest BCUT2D eigenvalue weighted by molar-refractivity contribution is 5.75. The molecule has 0 radical (unpaired) electrons. The Morgan fingerprint density at radius 1 is 0.229 bits per heavy atom. The summed E-state index contributed by atoms with van der Waals surface area (Å²) in [5.41, 5.74) is 12.1. The van der Waals surface area contributed by atoms with E-state index >= 15 is 0 Å². The maximum absolute atomic E-state index is 4.95. The summed E-state index contributed by atoms with van der Waals surface area (Å²) >= 11 is 0. The molecule has 0 aliphatic carbocycles. The van der Waals surface area contributed by atoms with Gasteiger partial charge < -0.3 is 0 Å². The van der Waals surface area contributed by atoms with E-state index < -0.39 is 0 Å². The summed E-state index contributed by atoms with van der Waals surface area (Å²) in [5.74, 6) is 1.94. The average molecular weight is 615 g/mol. The third kappa shape index (κ3) is 6.15. The quantitative estimate of drug-likeness (QED) is 0.179. The van der Waals surface area contributed by atoms with Crippen LogP contribution in [0, 0.1) is 0 Å². The minimum Gasteiger partial charge on any atom is -0.264 e. The van der Waals surface area contributed by atoms with Gasteiger partial charge >= 0.3 is 0 Å². The van der Waals surface area contributed by atoms with E-state index in [0.717, 1.165) is 44.5 Å². The Labute approximate surface area is 280 Å². The van der Waals surface area contributed by atoms with Crippen LogP contribution in [0.2, 0.25) is 0 Å². The van der Waals surface area contributed by atoms with Gasteiger partial charge in [0.1, 0.15) is 0 Å². The van der Waals surface area contributed by atoms with Crippen LogP contribution in [0.15, 0.2) is 182 Å². The summed E-state index contributed by atoms with van der Waals surface area (Å²) in [4.78, 5) is 19.0. The Morgan fingerprint density at radius 2 is 0.500 bits per heavy atom. The molecule has 0 aliphatic rings. The summed E-state index contributed by atoms with van der Waals surface area (Å²) in [5, 5.41) is 0. The zero-order chi connectivity index (χ0) is 32.1. The van der Waals surface area contributed by atoms with E-state index in [1.165, 1.54) is 16.7 Å². The fraction of sp³-hybridized carbons (Fsp3) is 0. The van der Waals surface area contributed by atoms with Gasteiger partial charge in [-0.3, -0.25) is 4.98 Å². The smallest absolute Gasteiger partial charge is 0.164 e. The Hall–Kier alpha value is -6.52. The molecule has 2 aromatic heterocycles. The lowest BCUT2D eigenvalue weighted by molar-refractivity contribution is 1.07. The molecule has 0 saturated carbocycles. The Kier molecular flexibility index (Phi) is 7.87. The monoisotopic (exact) mass is 614 g/mol. The number of rotatable bonds is 7. The number of hydrogen-bond donors (Lipinski definition) is 0. The van der Waals surface area contributed by atoms with Crippen molar-refractivity contribution in [2.75, 3.05) is 0 Å². The van der Waals surface area contributed by atoms with E-state index in [0.29, 0.717) is 17.5 Å². The van der Waals surface area contributed by atoms with Crippen LogP contribution in [0.25, 0.3) is 78.7 Å². The first-order chi connectivity index (χ1) is 23.8. The van der Waals surface area contributed by atoms with Crippen molar-refractivity contribution in [3.8, 4) is 78.7 Å². The van der Waals surface area contributed by atoms with Gasteiger partial charge in [0.25, 0.3) is 0 Å². The van der Waals surface area contributed by atoms with Gasteiger partial charge in [-0.2, -0.15) is 0 Å². The van der Waals surface area contributed by atoms with Crippen LogP contribution in [0.4, 0.5) is 0 Å². The van der Waals surface area contributed by atoms with E-state index in [2.05, 4.69) is 132 Å². The Balaban J connectivity index is 1.07. The van der Waals surface area contributed by atoms with Crippen LogP contribution < -0.4 is 0 Å². The van der Waals surface area contributed by atoms with Crippen LogP contribution in [0.5, 0.6) is 0 Å². The molecule has 4 heteroatoms. The van der Waals surface area contributed by atoms with Gasteiger partial charge in [-0.1, -0.05) is 164 Å². The van der Waals surface area contributed by atoms with Crippen molar-refractivity contribution in [3.63, 3.8) is 0 Å². The van der Waals surface area contributed by atoms with Gasteiger partial charge in [-0.25, -0.2) is 15.0 Å². The molecule has 4 nitrogen and oxygen atoms in total. The minimum absolute atomic E-state index is 0.641. The van der Waals surface area contributed by atoms with Gasteiger partial charge in [0, 0.05) is 29.1 Å². The normalized spacial score (nSPS) is 10.9. The van der Waals surface area contributed by atoms with Gasteiger partial charge in [0.15, 0.2) is 17.5 Å². The zero-order valence-corrected chi connectivity index (χ0v) is 26.1. The lowest BCUT2D eigenvalue weighted by atomic mass is 9.98. The molecule has 2 heterocycles. The largest absolute Gasteiger partial charge is 0.264 e. The third-order valence-corrected chi connectivity index (χ3v) is 8.49. The first kappa shape index (κ1) is 28.9. The summed E-state index contributed by atoms with van der Waals surface area (Å²) in [6.45, 7) is 0. The highest BCUT2D eigenvalue weighted by Crippen LogP contribution is 2.30. The average Bonchev–Trinajstić information content (AvgIpc) is 3.19. The predicted octanol–water partition coefficient (Wildman–Crippen LogP) is 10.9. The first-order valence-corrected chi connectivity index (χ1v) is 16.0. The van der Waals surface area contributed by atoms with Crippen molar-refractivity contribution in [2.45, 2.75) is 0 Å². The Bertz CT molecular complexity index is 2270. The van der Waals surface area contributed by atoms with Gasteiger partial charge in [0.2, 0.25) is 0 Å². The summed E-state index contributed by atoms with van der Waals surface area (Å²) in [6.07, 6.45) is 3.69. The molecule has 6 aromatic carbocycles. The number of nitrogens with zero attached hydrogens (tertiary/aromatic N) is 4. The number of pyridine rings is 1. The number of benzene rings is 6. The van der Waals surface area contributed by atoms with Crippen LogP contribution in [-0.2, 0) is 0 Å². The van der Waals surface area contributed by atoms with Crippen LogP contribution >= 0.6 is 0 Å². The van der Waals surface area contributed by atoms with Crippen molar-refractivity contribution in [2.24, 2.45) is 0 Å². The Morgan fingerprint density at radius 3 is 0.854 bits per heavy atom. The molecule has 0 amide bonds. The van der Waals surface area contributed by atoms with E-state index in [4.69, 9.17) is 15.0 Å². The van der Waals surface area contributed by atoms with Gasteiger partial charge in [-0.15, -0.1) is 0 Å². The highest BCUT2D eigenvalue weighted by Gasteiger charge is 2.13. The van der Waals surface area contributed by atoms with Gasteiger partial charge in [0.05, 0.1) is 0 Å². The van der Waals surface area contributed by atoms with Crippen LogP contribution in [-0.4, -0.2) is 19.9 Å².